The first-order valence-corrected chi connectivity index (χ1v) is 8.10. The zero-order chi connectivity index (χ0) is 16.1. The second-order valence-corrected chi connectivity index (χ2v) is 7.35. The van der Waals surface area contributed by atoms with E-state index >= 15 is 0 Å². The second-order valence-electron chi connectivity index (χ2n) is 7.35. The molecule has 0 radical (unpaired) electrons. The Morgan fingerprint density at radius 3 is 2.68 bits per heavy atom. The van der Waals surface area contributed by atoms with E-state index < -0.39 is 0 Å². The molecule has 118 valence electrons. The van der Waals surface area contributed by atoms with Crippen molar-refractivity contribution < 1.29 is 4.79 Å². The van der Waals surface area contributed by atoms with E-state index in [1.807, 2.05) is 23.6 Å². The van der Waals surface area contributed by atoms with Crippen LogP contribution in [0.25, 0.3) is 5.65 Å². The number of nitrogens with one attached hydrogen (secondary N) is 1. The van der Waals surface area contributed by atoms with Gasteiger partial charge in [0.25, 0.3) is 5.91 Å². The summed E-state index contributed by atoms with van der Waals surface area (Å²) in [5, 5.41) is 3.19. The monoisotopic (exact) mass is 299 g/mol. The molecule has 3 rings (SSSR count). The number of amides is 1. The number of hydrogen-bond donors (Lipinski definition) is 1. The molecule has 0 atom stereocenters. The van der Waals surface area contributed by atoms with E-state index in [2.05, 4.69) is 44.1 Å². The van der Waals surface area contributed by atoms with E-state index in [4.69, 9.17) is 0 Å². The second kappa shape index (κ2) is 5.11. The molecule has 2 heterocycles. The highest BCUT2D eigenvalue weighted by Crippen LogP contribution is 2.39. The zero-order valence-corrected chi connectivity index (χ0v) is 14.1. The van der Waals surface area contributed by atoms with Gasteiger partial charge in [0.05, 0.1) is 5.56 Å². The largest absolute Gasteiger partial charge is 0.347 e. The van der Waals surface area contributed by atoms with Crippen molar-refractivity contribution in [3.63, 3.8) is 0 Å². The summed E-state index contributed by atoms with van der Waals surface area (Å²) in [5.41, 5.74) is 3.41. The highest BCUT2D eigenvalue weighted by atomic mass is 16.1. The quantitative estimate of drug-likeness (QED) is 0.936. The van der Waals surface area contributed by atoms with Gasteiger partial charge in [-0.3, -0.25) is 4.79 Å². The number of aryl methyl sites for hydroxylation is 1. The molecule has 0 saturated heterocycles. The van der Waals surface area contributed by atoms with Crippen molar-refractivity contribution in [2.45, 2.75) is 58.9 Å². The fourth-order valence-corrected chi connectivity index (χ4v) is 3.12. The predicted molar refractivity (Wildman–Crippen MR) is 88.3 cm³/mol. The van der Waals surface area contributed by atoms with Crippen LogP contribution in [0.15, 0.2) is 18.3 Å². The smallest absolute Gasteiger partial charge is 0.255 e. The number of fused-ring (bicyclic) bond motifs is 1. The van der Waals surface area contributed by atoms with Gasteiger partial charge in [-0.05, 0) is 57.6 Å². The molecule has 4 nitrogen and oxygen atoms in total. The third-order valence-corrected chi connectivity index (χ3v) is 4.65. The molecule has 2 aromatic rings. The summed E-state index contributed by atoms with van der Waals surface area (Å²) in [6.45, 7) is 10.5. The third kappa shape index (κ3) is 2.62. The first-order valence-electron chi connectivity index (χ1n) is 8.10. The Morgan fingerprint density at radius 2 is 2.09 bits per heavy atom. The number of carbonyl (C=O) groups is 1. The van der Waals surface area contributed by atoms with Crippen LogP contribution in [0, 0.1) is 12.8 Å². The lowest BCUT2D eigenvalue weighted by molar-refractivity contribution is 0.0905. The van der Waals surface area contributed by atoms with E-state index in [1.54, 1.807) is 0 Å². The minimum Gasteiger partial charge on any atom is -0.347 e. The molecular weight excluding hydrogens is 274 g/mol. The summed E-state index contributed by atoms with van der Waals surface area (Å²) in [5.74, 6) is 0.967. The molecule has 0 aromatic carbocycles. The molecule has 4 heteroatoms. The number of carbonyl (C=O) groups excluding carboxylic acids is 1. The summed E-state index contributed by atoms with van der Waals surface area (Å²) in [6.07, 6.45) is 4.37. The molecule has 0 spiro atoms. The summed E-state index contributed by atoms with van der Waals surface area (Å²) in [7, 11) is 0. The molecule has 1 N–H and O–H groups in total. The van der Waals surface area contributed by atoms with E-state index in [9.17, 15) is 4.79 Å². The van der Waals surface area contributed by atoms with Gasteiger partial charge in [0.15, 0.2) is 0 Å². The molecular formula is C18H25N3O. The van der Waals surface area contributed by atoms with Crippen molar-refractivity contribution >= 4 is 11.6 Å². The van der Waals surface area contributed by atoms with E-state index in [0.29, 0.717) is 17.4 Å². The predicted octanol–water partition coefficient (Wildman–Crippen LogP) is 3.68. The maximum Gasteiger partial charge on any atom is 0.255 e. The van der Waals surface area contributed by atoms with Gasteiger partial charge in [0.1, 0.15) is 5.65 Å². The van der Waals surface area contributed by atoms with Gasteiger partial charge in [-0.2, -0.15) is 0 Å². The normalized spacial score (nSPS) is 15.5. The number of hydrogen-bond acceptors (Lipinski definition) is 2. The van der Waals surface area contributed by atoms with E-state index in [-0.39, 0.29) is 11.4 Å². The van der Waals surface area contributed by atoms with Crippen LogP contribution in [-0.4, -0.2) is 20.8 Å². The summed E-state index contributed by atoms with van der Waals surface area (Å²) in [6, 6.07) is 3.97. The van der Waals surface area contributed by atoms with Crippen LogP contribution in [0.4, 0.5) is 0 Å². The lowest BCUT2D eigenvalue weighted by atomic mass is 9.98. The van der Waals surface area contributed by atoms with Gasteiger partial charge in [-0.15, -0.1) is 0 Å². The molecule has 1 fully saturated rings. The van der Waals surface area contributed by atoms with Crippen LogP contribution in [0.5, 0.6) is 0 Å². The molecule has 2 aromatic heterocycles. The fourth-order valence-electron chi connectivity index (χ4n) is 3.12. The van der Waals surface area contributed by atoms with Crippen LogP contribution < -0.4 is 5.32 Å². The molecule has 1 saturated carbocycles. The van der Waals surface area contributed by atoms with Crippen molar-refractivity contribution in [2.24, 2.45) is 5.92 Å². The van der Waals surface area contributed by atoms with Crippen LogP contribution in [0.1, 0.15) is 68.2 Å². The van der Waals surface area contributed by atoms with Crippen LogP contribution >= 0.6 is 0 Å². The molecule has 1 amide bonds. The molecule has 0 unspecified atom stereocenters. The Bertz CT molecular complexity index is 723. The molecule has 1 aliphatic rings. The molecule has 1 aliphatic carbocycles. The van der Waals surface area contributed by atoms with Crippen LogP contribution in [0.3, 0.4) is 0 Å². The maximum atomic E-state index is 12.7. The average molecular weight is 299 g/mol. The van der Waals surface area contributed by atoms with Gasteiger partial charge in [0, 0.05) is 23.1 Å². The Hall–Kier alpha value is -1.84. The summed E-state index contributed by atoms with van der Waals surface area (Å²) >= 11 is 0. The SMILES string of the molecule is Cc1cc(C(C)C)n2ccc(C(=O)NC(C)(C)C3CC3)c2n1. The van der Waals surface area contributed by atoms with Crippen LogP contribution in [0.2, 0.25) is 0 Å². The Balaban J connectivity index is 1.99. The minimum atomic E-state index is -0.143. The van der Waals surface area contributed by atoms with Crippen molar-refractivity contribution in [2.75, 3.05) is 0 Å². The highest BCUT2D eigenvalue weighted by molar-refractivity contribution is 6.00. The van der Waals surface area contributed by atoms with Gasteiger partial charge in [0.2, 0.25) is 0 Å². The summed E-state index contributed by atoms with van der Waals surface area (Å²) in [4.78, 5) is 17.3. The molecule has 0 aliphatic heterocycles. The Morgan fingerprint density at radius 1 is 1.41 bits per heavy atom. The van der Waals surface area contributed by atoms with Gasteiger partial charge >= 0.3 is 0 Å². The fraction of sp³-hybridized carbons (Fsp3) is 0.556. The van der Waals surface area contributed by atoms with Crippen molar-refractivity contribution in [3.8, 4) is 0 Å². The van der Waals surface area contributed by atoms with Crippen LogP contribution in [-0.2, 0) is 0 Å². The Labute approximate surface area is 131 Å². The van der Waals surface area contributed by atoms with Gasteiger partial charge in [-0.1, -0.05) is 13.8 Å². The van der Waals surface area contributed by atoms with Gasteiger partial charge < -0.3 is 9.72 Å². The first-order chi connectivity index (χ1) is 10.3. The minimum absolute atomic E-state index is 0.0211. The standard InChI is InChI=1S/C18H25N3O/c1-11(2)15-10-12(3)19-16-14(8-9-21(15)16)17(22)20-18(4,5)13-6-7-13/h8-11,13H,6-7H2,1-5H3,(H,20,22). The topological polar surface area (TPSA) is 46.4 Å². The van der Waals surface area contributed by atoms with Gasteiger partial charge in [-0.25, -0.2) is 4.98 Å². The number of aromatic nitrogens is 2. The number of nitrogens with zero attached hydrogens (tertiary/aromatic N) is 2. The van der Waals surface area contributed by atoms with Crippen molar-refractivity contribution in [1.29, 1.82) is 0 Å². The van der Waals surface area contributed by atoms with E-state index in [0.717, 1.165) is 11.3 Å². The zero-order valence-electron chi connectivity index (χ0n) is 14.1. The summed E-state index contributed by atoms with van der Waals surface area (Å²) < 4.78 is 2.04. The molecule has 22 heavy (non-hydrogen) atoms. The average Bonchev–Trinajstić information content (AvgIpc) is 3.19. The number of rotatable bonds is 4. The van der Waals surface area contributed by atoms with Crippen molar-refractivity contribution in [3.05, 3.63) is 35.3 Å². The molecule has 0 bridgehead atoms. The third-order valence-electron chi connectivity index (χ3n) is 4.65. The lowest BCUT2D eigenvalue weighted by Gasteiger charge is -2.26. The van der Waals surface area contributed by atoms with E-state index in [1.165, 1.54) is 18.5 Å². The lowest BCUT2D eigenvalue weighted by Crippen LogP contribution is -2.45. The first kappa shape index (κ1) is 15.1. The maximum absolute atomic E-state index is 12.7. The Kier molecular flexibility index (Phi) is 3.50. The van der Waals surface area contributed by atoms with Crippen molar-refractivity contribution in [1.82, 2.24) is 14.7 Å². The highest BCUT2D eigenvalue weighted by Gasteiger charge is 2.39.